The van der Waals surface area contributed by atoms with E-state index in [0.717, 1.165) is 47.1 Å². The van der Waals surface area contributed by atoms with E-state index in [1.807, 2.05) is 89.5 Å². The highest BCUT2D eigenvalue weighted by Crippen LogP contribution is 2.48. The first-order valence-corrected chi connectivity index (χ1v) is 17.5. The minimum atomic E-state index is -0.653. The molecule has 6 rings (SSSR count). The Morgan fingerprint density at radius 2 is 1.65 bits per heavy atom. The maximum absolute atomic E-state index is 13.8. The fourth-order valence-electron chi connectivity index (χ4n) is 6.05. The number of fused-ring (bicyclic) bond motifs is 1. The van der Waals surface area contributed by atoms with Gasteiger partial charge in [0.05, 0.1) is 0 Å². The number of carbonyl (C=O) groups excluding carboxylic acids is 3. The molecule has 2 aromatic heterocycles. The largest absolute Gasteiger partial charge is 0.444 e. The van der Waals surface area contributed by atoms with Gasteiger partial charge in [0.2, 0.25) is 0 Å². The normalized spacial score (nSPS) is 15.4. The number of benzene rings is 2. The number of pyridine rings is 1. The standard InChI is InChI=1S/C38H44N4O5S/c1-37(2,3)46-35(44)40-29-13-11-26(33-8-7-19-48-33)20-27(29)22-32(43)30-21-25-12-14-31(34(24-9-10-24)28(25)23-39-30)41-15-17-42(18-16-41)36(45)47-38(4,5)6/h7-8,11-14,19-21,23-24H,9-10,15-18,22H2,1-6H3,(H,40,44). The van der Waals surface area contributed by atoms with Gasteiger partial charge in [-0.1, -0.05) is 18.2 Å². The summed E-state index contributed by atoms with van der Waals surface area (Å²) in [6.07, 6.45) is 3.32. The molecule has 1 aliphatic carbocycles. The number of nitrogens with zero attached hydrogens (tertiary/aromatic N) is 3. The number of anilines is 2. The molecule has 1 aliphatic heterocycles. The third kappa shape index (κ3) is 7.98. The molecule has 0 spiro atoms. The second-order valence-electron chi connectivity index (χ2n) is 14.6. The van der Waals surface area contributed by atoms with Crippen molar-refractivity contribution in [3.63, 3.8) is 0 Å². The summed E-state index contributed by atoms with van der Waals surface area (Å²) < 4.78 is 11.1. The van der Waals surface area contributed by atoms with E-state index in [1.165, 1.54) is 11.3 Å². The molecule has 3 heterocycles. The lowest BCUT2D eigenvalue weighted by atomic mass is 9.97. The van der Waals surface area contributed by atoms with Gasteiger partial charge in [-0.15, -0.1) is 11.3 Å². The lowest BCUT2D eigenvalue weighted by molar-refractivity contribution is 0.0240. The smallest absolute Gasteiger partial charge is 0.412 e. The van der Waals surface area contributed by atoms with Crippen molar-refractivity contribution in [2.24, 2.45) is 0 Å². The van der Waals surface area contributed by atoms with Crippen LogP contribution >= 0.6 is 11.3 Å². The van der Waals surface area contributed by atoms with Crippen LogP contribution in [0.3, 0.4) is 0 Å². The zero-order valence-electron chi connectivity index (χ0n) is 28.6. The summed E-state index contributed by atoms with van der Waals surface area (Å²) >= 11 is 1.62. The van der Waals surface area contributed by atoms with Crippen molar-refractivity contribution in [2.75, 3.05) is 36.4 Å². The summed E-state index contributed by atoms with van der Waals surface area (Å²) in [5, 5.41) is 6.90. The van der Waals surface area contributed by atoms with Gasteiger partial charge in [0.1, 0.15) is 16.9 Å². The van der Waals surface area contributed by atoms with Gasteiger partial charge in [-0.3, -0.25) is 15.1 Å². The molecule has 0 radical (unpaired) electrons. The highest BCUT2D eigenvalue weighted by Gasteiger charge is 2.32. The third-order valence-corrected chi connectivity index (χ3v) is 9.28. The Morgan fingerprint density at radius 3 is 2.29 bits per heavy atom. The molecule has 10 heteroatoms. The third-order valence-electron chi connectivity index (χ3n) is 8.36. The first-order valence-electron chi connectivity index (χ1n) is 16.6. The second-order valence-corrected chi connectivity index (χ2v) is 15.5. The molecule has 1 saturated heterocycles. The first-order chi connectivity index (χ1) is 22.7. The monoisotopic (exact) mass is 668 g/mol. The minimum Gasteiger partial charge on any atom is -0.444 e. The predicted octanol–water partition coefficient (Wildman–Crippen LogP) is 8.67. The summed E-state index contributed by atoms with van der Waals surface area (Å²) in [4.78, 5) is 49.0. The molecule has 252 valence electrons. The van der Waals surface area contributed by atoms with Gasteiger partial charge in [0.25, 0.3) is 0 Å². The van der Waals surface area contributed by atoms with Crippen LogP contribution in [0.4, 0.5) is 21.0 Å². The van der Waals surface area contributed by atoms with E-state index in [-0.39, 0.29) is 18.3 Å². The number of nitrogens with one attached hydrogen (secondary N) is 1. The topological polar surface area (TPSA) is 101 Å². The molecule has 2 aromatic carbocycles. The molecule has 0 bridgehead atoms. The van der Waals surface area contributed by atoms with Crippen LogP contribution in [0.5, 0.6) is 0 Å². The van der Waals surface area contributed by atoms with Crippen molar-refractivity contribution >= 4 is 51.5 Å². The zero-order chi connectivity index (χ0) is 34.2. The minimum absolute atomic E-state index is 0.0678. The highest BCUT2D eigenvalue weighted by atomic mass is 32.1. The van der Waals surface area contributed by atoms with Crippen molar-refractivity contribution < 1.29 is 23.9 Å². The molecular formula is C38H44N4O5S. The second kappa shape index (κ2) is 13.2. The zero-order valence-corrected chi connectivity index (χ0v) is 29.4. The van der Waals surface area contributed by atoms with Crippen molar-refractivity contribution in [3.05, 3.63) is 76.9 Å². The van der Waals surface area contributed by atoms with Crippen LogP contribution in [0.2, 0.25) is 0 Å². The first kappa shape index (κ1) is 33.5. The molecule has 2 fully saturated rings. The van der Waals surface area contributed by atoms with Crippen LogP contribution in [0, 0.1) is 0 Å². The Balaban J connectivity index is 1.23. The number of ether oxygens (including phenoxy) is 2. The summed E-state index contributed by atoms with van der Waals surface area (Å²) in [5.41, 5.74) is 3.86. The number of ketones is 1. The maximum Gasteiger partial charge on any atom is 0.412 e. The number of aromatic nitrogens is 1. The SMILES string of the molecule is CC(C)(C)OC(=O)Nc1ccc(-c2cccs2)cc1CC(=O)c1cc2ccc(N3CCN(C(=O)OC(C)(C)C)CC3)c(C3CC3)c2cn1. The molecule has 1 saturated carbocycles. The molecule has 0 unspecified atom stereocenters. The van der Waals surface area contributed by atoms with Crippen LogP contribution < -0.4 is 10.2 Å². The molecule has 0 atom stereocenters. The molecule has 2 amide bonds. The Morgan fingerprint density at radius 1 is 0.917 bits per heavy atom. The van der Waals surface area contributed by atoms with Crippen LogP contribution in [0.15, 0.2) is 60.1 Å². The number of carbonyl (C=O) groups is 3. The average Bonchev–Trinajstić information content (AvgIpc) is 3.71. The molecule has 48 heavy (non-hydrogen) atoms. The van der Waals surface area contributed by atoms with Gasteiger partial charge in [-0.25, -0.2) is 9.59 Å². The quantitative estimate of drug-likeness (QED) is 0.197. The summed E-state index contributed by atoms with van der Waals surface area (Å²) in [5.74, 6) is 0.320. The van der Waals surface area contributed by atoms with E-state index >= 15 is 0 Å². The molecule has 2 aliphatic rings. The van der Waals surface area contributed by atoms with Crippen molar-refractivity contribution in [2.45, 2.75) is 77.9 Å². The van der Waals surface area contributed by atoms with Gasteiger partial charge in [0, 0.05) is 60.4 Å². The Labute approximate surface area is 286 Å². The van der Waals surface area contributed by atoms with Gasteiger partial charge < -0.3 is 19.3 Å². The Bertz CT molecular complexity index is 1830. The number of hydrogen-bond acceptors (Lipinski definition) is 8. The summed E-state index contributed by atoms with van der Waals surface area (Å²) in [6.45, 7) is 13.7. The number of hydrogen-bond donors (Lipinski definition) is 1. The molecule has 4 aromatic rings. The van der Waals surface area contributed by atoms with E-state index in [1.54, 1.807) is 16.2 Å². The van der Waals surface area contributed by atoms with Gasteiger partial charge in [-0.05, 0) is 118 Å². The van der Waals surface area contributed by atoms with Gasteiger partial charge in [-0.2, -0.15) is 0 Å². The summed E-state index contributed by atoms with van der Waals surface area (Å²) in [7, 11) is 0. The number of thiophene rings is 1. The number of rotatable bonds is 7. The van der Waals surface area contributed by atoms with Crippen LogP contribution in [0.1, 0.15) is 81.9 Å². The molecular weight excluding hydrogens is 625 g/mol. The fraction of sp³-hybridized carbons (Fsp3) is 0.421. The number of amides is 2. The lowest BCUT2D eigenvalue weighted by Crippen LogP contribution is -2.50. The van der Waals surface area contributed by atoms with Gasteiger partial charge in [0.15, 0.2) is 5.78 Å². The van der Waals surface area contributed by atoms with E-state index in [2.05, 4.69) is 22.3 Å². The Kier molecular flexibility index (Phi) is 9.22. The fourth-order valence-corrected chi connectivity index (χ4v) is 6.78. The average molecular weight is 669 g/mol. The Hall–Kier alpha value is -4.44. The predicted molar refractivity (Wildman–Crippen MR) is 191 cm³/mol. The maximum atomic E-state index is 13.8. The van der Waals surface area contributed by atoms with Crippen LogP contribution in [-0.2, 0) is 15.9 Å². The number of piperazine rings is 1. The van der Waals surface area contributed by atoms with Crippen molar-refractivity contribution in [3.8, 4) is 10.4 Å². The van der Waals surface area contributed by atoms with Crippen molar-refractivity contribution in [1.29, 1.82) is 0 Å². The highest BCUT2D eigenvalue weighted by molar-refractivity contribution is 7.13. The van der Waals surface area contributed by atoms with E-state index in [4.69, 9.17) is 14.5 Å². The number of Topliss-reactive ketones (excluding diaryl/α,β-unsaturated/α-hetero) is 1. The van der Waals surface area contributed by atoms with Crippen LogP contribution in [0.25, 0.3) is 21.2 Å². The van der Waals surface area contributed by atoms with Gasteiger partial charge >= 0.3 is 12.2 Å². The van der Waals surface area contributed by atoms with Crippen LogP contribution in [-0.4, -0.2) is 65.2 Å². The van der Waals surface area contributed by atoms with Crippen molar-refractivity contribution in [1.82, 2.24) is 9.88 Å². The van der Waals surface area contributed by atoms with E-state index in [0.29, 0.717) is 36.0 Å². The lowest BCUT2D eigenvalue weighted by Gasteiger charge is -2.37. The molecule has 9 nitrogen and oxygen atoms in total. The molecule has 1 N–H and O–H groups in total. The van der Waals surface area contributed by atoms with E-state index < -0.39 is 17.3 Å². The van der Waals surface area contributed by atoms with E-state index in [9.17, 15) is 14.4 Å². The summed E-state index contributed by atoms with van der Waals surface area (Å²) in [6, 6.07) is 15.9.